The van der Waals surface area contributed by atoms with Gasteiger partial charge in [-0.1, -0.05) is 56.5 Å². The molecule has 8 atom stereocenters. The first-order valence-corrected chi connectivity index (χ1v) is 15.9. The standard InChI is InChI=1S/C34H39ClFN3O6/c1-18-6-5-7-24(19(18)2)38-32(41)30-34-14-12-26(45-34)28(31(40)37-21-9-10-23(36)22(35)17-21)29(34)33(42)39(30)15-13-20-8-11-25(43-3)27(16-20)44-4/h8-12,14,16-19,24,26,28-30H,5-7,13,15H2,1-4H3,(H,37,40)(H,38,41)/t18-,19+,24+,26+,28+,29+,30-,34-/m0/s1. The van der Waals surface area contributed by atoms with Gasteiger partial charge in [-0.15, -0.1) is 0 Å². The van der Waals surface area contributed by atoms with Crippen LogP contribution in [0, 0.1) is 29.5 Å². The summed E-state index contributed by atoms with van der Waals surface area (Å²) in [6.45, 7) is 4.59. The average molecular weight is 640 g/mol. The predicted molar refractivity (Wildman–Crippen MR) is 167 cm³/mol. The van der Waals surface area contributed by atoms with Crippen LogP contribution in [0.5, 0.6) is 11.5 Å². The molecule has 3 heterocycles. The number of likely N-dealkylation sites (tertiary alicyclic amines) is 1. The van der Waals surface area contributed by atoms with Gasteiger partial charge in [0.05, 0.1) is 37.2 Å². The molecule has 9 nitrogen and oxygen atoms in total. The van der Waals surface area contributed by atoms with Crippen LogP contribution in [0.25, 0.3) is 0 Å². The number of anilines is 1. The predicted octanol–water partition coefficient (Wildman–Crippen LogP) is 4.77. The molecule has 6 rings (SSSR count). The van der Waals surface area contributed by atoms with Crippen LogP contribution in [-0.2, 0) is 25.5 Å². The highest BCUT2D eigenvalue weighted by molar-refractivity contribution is 6.31. The number of methoxy groups -OCH3 is 2. The van der Waals surface area contributed by atoms with Crippen LogP contribution in [0.2, 0.25) is 5.02 Å². The van der Waals surface area contributed by atoms with Crippen LogP contribution in [0.3, 0.4) is 0 Å². The number of ether oxygens (including phenoxy) is 3. The Kier molecular flexibility index (Phi) is 8.56. The van der Waals surface area contributed by atoms with Gasteiger partial charge in [0.25, 0.3) is 0 Å². The number of amides is 3. The molecule has 1 aliphatic carbocycles. The number of hydrogen-bond donors (Lipinski definition) is 2. The average Bonchev–Trinajstić information content (AvgIpc) is 3.67. The lowest BCUT2D eigenvalue weighted by Crippen LogP contribution is -2.58. The lowest BCUT2D eigenvalue weighted by atomic mass is 9.73. The summed E-state index contributed by atoms with van der Waals surface area (Å²) >= 11 is 5.94. The largest absolute Gasteiger partial charge is 0.493 e. The number of benzene rings is 2. The number of halogens is 2. The van der Waals surface area contributed by atoms with Gasteiger partial charge in [0, 0.05) is 18.3 Å². The Morgan fingerprint density at radius 2 is 1.87 bits per heavy atom. The monoisotopic (exact) mass is 639 g/mol. The second-order valence-corrected chi connectivity index (χ2v) is 13.1. The van der Waals surface area contributed by atoms with Crippen LogP contribution in [-0.4, -0.2) is 67.2 Å². The topological polar surface area (TPSA) is 106 Å². The maximum absolute atomic E-state index is 14.3. The minimum atomic E-state index is -1.30. The fourth-order valence-corrected chi connectivity index (χ4v) is 7.82. The van der Waals surface area contributed by atoms with Crippen molar-refractivity contribution in [2.24, 2.45) is 23.7 Å². The molecule has 3 fully saturated rings. The van der Waals surface area contributed by atoms with Crippen molar-refractivity contribution >= 4 is 35.0 Å². The van der Waals surface area contributed by atoms with E-state index in [9.17, 15) is 18.8 Å². The Hall–Kier alpha value is -3.63. The van der Waals surface area contributed by atoms with Crippen LogP contribution < -0.4 is 20.1 Å². The quantitative estimate of drug-likeness (QED) is 0.383. The van der Waals surface area contributed by atoms with Gasteiger partial charge < -0.3 is 29.7 Å². The van der Waals surface area contributed by atoms with Gasteiger partial charge in [-0.25, -0.2) is 4.39 Å². The Morgan fingerprint density at radius 3 is 2.60 bits per heavy atom. The molecule has 2 aromatic rings. The molecular weight excluding hydrogens is 601 g/mol. The number of nitrogens with zero attached hydrogens (tertiary/aromatic N) is 1. The van der Waals surface area contributed by atoms with Crippen molar-refractivity contribution < 1.29 is 33.0 Å². The van der Waals surface area contributed by atoms with E-state index in [0.29, 0.717) is 29.5 Å². The summed E-state index contributed by atoms with van der Waals surface area (Å²) in [7, 11) is 3.12. The van der Waals surface area contributed by atoms with Gasteiger partial charge in [-0.2, -0.15) is 0 Å². The Labute approximate surface area is 267 Å². The molecule has 45 heavy (non-hydrogen) atoms. The summed E-state index contributed by atoms with van der Waals surface area (Å²) in [5, 5.41) is 5.93. The van der Waals surface area contributed by atoms with Gasteiger partial charge in [-0.3, -0.25) is 14.4 Å². The lowest BCUT2D eigenvalue weighted by molar-refractivity contribution is -0.141. The van der Waals surface area contributed by atoms with Gasteiger partial charge in [-0.05, 0) is 60.6 Å². The second-order valence-electron chi connectivity index (χ2n) is 12.7. The normalized spacial score (nSPS) is 31.6. The summed E-state index contributed by atoms with van der Waals surface area (Å²) in [5.74, 6) is -1.55. The van der Waals surface area contributed by atoms with E-state index < -0.39 is 41.3 Å². The third-order valence-corrected chi connectivity index (χ3v) is 10.5. The molecule has 11 heteroatoms. The van der Waals surface area contributed by atoms with Crippen molar-refractivity contribution in [2.75, 3.05) is 26.1 Å². The highest BCUT2D eigenvalue weighted by Crippen LogP contribution is 2.55. The van der Waals surface area contributed by atoms with Crippen LogP contribution in [0.1, 0.15) is 38.7 Å². The SMILES string of the molecule is COc1ccc(CCN2C(=O)[C@H]3[C@H](C(=O)Nc4ccc(F)c(Cl)c4)[C@H]4C=C[C@@]3(O4)[C@@H]2C(=O)N[C@@H]2CCC[C@H](C)[C@H]2C)cc1OC. The van der Waals surface area contributed by atoms with E-state index in [1.807, 2.05) is 12.1 Å². The second kappa shape index (κ2) is 12.3. The zero-order valence-corrected chi connectivity index (χ0v) is 26.6. The van der Waals surface area contributed by atoms with E-state index in [4.69, 9.17) is 25.8 Å². The molecule has 2 saturated heterocycles. The Balaban J connectivity index is 1.30. The molecule has 3 amide bonds. The highest BCUT2D eigenvalue weighted by atomic mass is 35.5. The Morgan fingerprint density at radius 1 is 1.09 bits per heavy atom. The summed E-state index contributed by atoms with van der Waals surface area (Å²) in [4.78, 5) is 43.9. The summed E-state index contributed by atoms with van der Waals surface area (Å²) in [6, 6.07) is 8.47. The van der Waals surface area contributed by atoms with Gasteiger partial charge in [0.2, 0.25) is 17.7 Å². The molecule has 1 saturated carbocycles. The molecule has 240 valence electrons. The first-order chi connectivity index (χ1) is 21.6. The molecule has 0 aromatic heterocycles. The fourth-order valence-electron chi connectivity index (χ4n) is 7.64. The smallest absolute Gasteiger partial charge is 0.246 e. The molecule has 4 aliphatic rings. The van der Waals surface area contributed by atoms with E-state index in [1.54, 1.807) is 37.3 Å². The van der Waals surface area contributed by atoms with Crippen molar-refractivity contribution in [3.8, 4) is 11.5 Å². The van der Waals surface area contributed by atoms with Crippen molar-refractivity contribution in [1.82, 2.24) is 10.2 Å². The lowest BCUT2D eigenvalue weighted by Gasteiger charge is -2.38. The van der Waals surface area contributed by atoms with Crippen molar-refractivity contribution in [3.05, 3.63) is 65.0 Å². The Bertz CT molecular complexity index is 1540. The van der Waals surface area contributed by atoms with E-state index in [2.05, 4.69) is 24.5 Å². The molecule has 3 aliphatic heterocycles. The number of fused-ring (bicyclic) bond motifs is 1. The van der Waals surface area contributed by atoms with Crippen molar-refractivity contribution in [2.45, 2.75) is 63.3 Å². The molecule has 2 N–H and O–H groups in total. The van der Waals surface area contributed by atoms with Crippen LogP contribution >= 0.6 is 11.6 Å². The van der Waals surface area contributed by atoms with Crippen LogP contribution in [0.15, 0.2) is 48.6 Å². The maximum Gasteiger partial charge on any atom is 0.246 e. The van der Waals surface area contributed by atoms with E-state index in [0.717, 1.165) is 24.8 Å². The van der Waals surface area contributed by atoms with E-state index >= 15 is 0 Å². The van der Waals surface area contributed by atoms with Crippen molar-refractivity contribution in [1.29, 1.82) is 0 Å². The molecular formula is C34H39ClFN3O6. The molecule has 2 aromatic carbocycles. The van der Waals surface area contributed by atoms with E-state index in [-0.39, 0.29) is 35.3 Å². The molecule has 0 unspecified atom stereocenters. The first kappa shape index (κ1) is 31.4. The summed E-state index contributed by atoms with van der Waals surface area (Å²) in [5.41, 5.74) is -0.0973. The zero-order chi connectivity index (χ0) is 32.0. The third kappa shape index (κ3) is 5.46. The van der Waals surface area contributed by atoms with Crippen LogP contribution in [0.4, 0.5) is 10.1 Å². The summed E-state index contributed by atoms with van der Waals surface area (Å²) < 4.78 is 31.1. The number of carbonyl (C=O) groups excluding carboxylic acids is 3. The summed E-state index contributed by atoms with van der Waals surface area (Å²) in [6.07, 6.45) is 6.32. The minimum absolute atomic E-state index is 0.0237. The maximum atomic E-state index is 14.3. The van der Waals surface area contributed by atoms with Gasteiger partial charge >= 0.3 is 0 Å². The number of carbonyl (C=O) groups is 3. The number of nitrogens with one attached hydrogen (secondary N) is 2. The van der Waals surface area contributed by atoms with Crippen molar-refractivity contribution in [3.63, 3.8) is 0 Å². The third-order valence-electron chi connectivity index (χ3n) is 10.2. The van der Waals surface area contributed by atoms with Gasteiger partial charge in [0.1, 0.15) is 17.5 Å². The highest BCUT2D eigenvalue weighted by Gasteiger charge is 2.72. The molecule has 2 bridgehead atoms. The zero-order valence-electron chi connectivity index (χ0n) is 25.8. The fraction of sp³-hybridized carbons (Fsp3) is 0.500. The number of rotatable bonds is 9. The van der Waals surface area contributed by atoms with Gasteiger partial charge in [0.15, 0.2) is 11.5 Å². The number of hydrogen-bond acceptors (Lipinski definition) is 6. The van der Waals surface area contributed by atoms with E-state index in [1.165, 1.54) is 18.2 Å². The minimum Gasteiger partial charge on any atom is -0.493 e. The first-order valence-electron chi connectivity index (χ1n) is 15.5. The molecule has 0 radical (unpaired) electrons. The molecule has 1 spiro atoms.